The molecule has 1 heterocycles. The van der Waals surface area contributed by atoms with Crippen LogP contribution in [0.15, 0.2) is 68.8 Å². The second-order valence-electron chi connectivity index (χ2n) is 13.9. The minimum Gasteiger partial charge on any atom is -0.480 e. The largest absolute Gasteiger partial charge is 0.480 e. The second kappa shape index (κ2) is 23.6. The molecule has 320 valence electrons. The van der Waals surface area contributed by atoms with Crippen LogP contribution >= 0.6 is 0 Å². The topological polar surface area (TPSA) is 330 Å². The third kappa shape index (κ3) is 16.1. The Morgan fingerprint density at radius 2 is 1.49 bits per heavy atom. The molecule has 0 spiro atoms. The molecular formula is C39H54N10O10. The van der Waals surface area contributed by atoms with Crippen LogP contribution in [0.3, 0.4) is 0 Å². The summed E-state index contributed by atoms with van der Waals surface area (Å²) in [6.07, 6.45) is 0.661. The molecule has 4 amide bonds. The maximum absolute atomic E-state index is 13.9. The molecule has 0 fully saturated rings. The lowest BCUT2D eigenvalue weighted by molar-refractivity contribution is -0.146. The van der Waals surface area contributed by atoms with Gasteiger partial charge in [-0.2, -0.15) is 0 Å². The van der Waals surface area contributed by atoms with E-state index in [1.807, 2.05) is 25.1 Å². The lowest BCUT2D eigenvalue weighted by atomic mass is 10.0. The quantitative estimate of drug-likeness (QED) is 0.0167. The molecule has 20 heteroatoms. The van der Waals surface area contributed by atoms with Gasteiger partial charge in [0.25, 0.3) is 0 Å². The SMILES string of the molecule is CN(C)c1ccc2c(COC(=O)C[C@H](N)C(=O)N[C@H](Cc3ccccc3)C(=O)N[C@@H](CCCCN)C(=O)N[C@@H](CCCN=C(N)N)C(=O)NCC(=O)O)cc(=O)oc2c1. The molecule has 0 aliphatic rings. The summed E-state index contributed by atoms with van der Waals surface area (Å²) >= 11 is 0. The average Bonchev–Trinajstić information content (AvgIpc) is 3.19. The summed E-state index contributed by atoms with van der Waals surface area (Å²) in [5.74, 6) is -5.47. The molecule has 1 aromatic heterocycles. The van der Waals surface area contributed by atoms with Crippen molar-refractivity contribution in [2.75, 3.05) is 38.6 Å². The zero-order valence-electron chi connectivity index (χ0n) is 33.1. The van der Waals surface area contributed by atoms with E-state index in [0.717, 1.165) is 5.69 Å². The molecule has 0 aliphatic heterocycles. The van der Waals surface area contributed by atoms with Gasteiger partial charge in [-0.3, -0.25) is 33.8 Å². The summed E-state index contributed by atoms with van der Waals surface area (Å²) < 4.78 is 10.7. The van der Waals surface area contributed by atoms with Crippen molar-refractivity contribution in [2.45, 2.75) is 75.7 Å². The van der Waals surface area contributed by atoms with Crippen molar-refractivity contribution in [3.63, 3.8) is 0 Å². The van der Waals surface area contributed by atoms with E-state index < -0.39 is 78.3 Å². The highest BCUT2D eigenvalue weighted by Crippen LogP contribution is 2.23. The first kappa shape index (κ1) is 46.8. The molecule has 0 radical (unpaired) electrons. The van der Waals surface area contributed by atoms with E-state index in [1.165, 1.54) is 6.07 Å². The number of carbonyl (C=O) groups excluding carboxylic acids is 5. The first-order chi connectivity index (χ1) is 28.1. The van der Waals surface area contributed by atoms with Gasteiger partial charge in [-0.15, -0.1) is 0 Å². The van der Waals surface area contributed by atoms with Gasteiger partial charge in [-0.05, 0) is 56.3 Å². The van der Waals surface area contributed by atoms with E-state index in [0.29, 0.717) is 41.5 Å². The smallest absolute Gasteiger partial charge is 0.336 e. The number of carbonyl (C=O) groups is 6. The normalized spacial score (nSPS) is 12.9. The molecule has 3 aromatic rings. The Balaban J connectivity index is 1.75. The van der Waals surface area contributed by atoms with Gasteiger partial charge in [0.2, 0.25) is 23.6 Å². The summed E-state index contributed by atoms with van der Waals surface area (Å²) in [5.41, 5.74) is 24.0. The van der Waals surface area contributed by atoms with Gasteiger partial charge < -0.3 is 63.4 Å². The van der Waals surface area contributed by atoms with Crippen molar-refractivity contribution < 1.29 is 43.0 Å². The average molecular weight is 823 g/mol. The van der Waals surface area contributed by atoms with Gasteiger partial charge in [0.1, 0.15) is 36.9 Å². The predicted molar refractivity (Wildman–Crippen MR) is 219 cm³/mol. The number of hydrogen-bond donors (Lipinski definition) is 9. The third-order valence-electron chi connectivity index (χ3n) is 8.93. The lowest BCUT2D eigenvalue weighted by Crippen LogP contribution is -2.58. The summed E-state index contributed by atoms with van der Waals surface area (Å²) in [7, 11) is 3.66. The van der Waals surface area contributed by atoms with Crippen molar-refractivity contribution in [3.05, 3.63) is 76.1 Å². The van der Waals surface area contributed by atoms with Crippen molar-refractivity contribution >= 4 is 58.2 Å². The van der Waals surface area contributed by atoms with Gasteiger partial charge in [-0.25, -0.2) is 4.79 Å². The molecule has 0 bridgehead atoms. The zero-order chi connectivity index (χ0) is 43.5. The number of nitrogens with one attached hydrogen (secondary N) is 4. The highest BCUT2D eigenvalue weighted by atomic mass is 16.5. The summed E-state index contributed by atoms with van der Waals surface area (Å²) in [4.78, 5) is 95.8. The third-order valence-corrected chi connectivity index (χ3v) is 8.93. The first-order valence-electron chi connectivity index (χ1n) is 18.9. The number of amides is 4. The number of carboxylic acid groups (broad SMARTS) is 1. The Bertz CT molecular complexity index is 2000. The molecule has 2 aromatic carbocycles. The number of fused-ring (bicyclic) bond motifs is 1. The van der Waals surface area contributed by atoms with E-state index in [4.69, 9.17) is 37.2 Å². The van der Waals surface area contributed by atoms with Crippen LogP contribution in [0.25, 0.3) is 11.0 Å². The van der Waals surface area contributed by atoms with Crippen LogP contribution in [-0.2, 0) is 46.5 Å². The molecule has 59 heavy (non-hydrogen) atoms. The van der Waals surface area contributed by atoms with Crippen molar-refractivity contribution in [1.82, 2.24) is 21.3 Å². The highest BCUT2D eigenvalue weighted by molar-refractivity contribution is 5.96. The number of rotatable bonds is 24. The molecule has 0 unspecified atom stereocenters. The van der Waals surface area contributed by atoms with E-state index in [1.54, 1.807) is 42.5 Å². The lowest BCUT2D eigenvalue weighted by Gasteiger charge is -2.26. The predicted octanol–water partition coefficient (Wildman–Crippen LogP) is -1.30. The van der Waals surface area contributed by atoms with Crippen molar-refractivity contribution in [1.29, 1.82) is 0 Å². The zero-order valence-corrected chi connectivity index (χ0v) is 33.1. The van der Waals surface area contributed by atoms with Crippen LogP contribution in [-0.4, -0.2) is 105 Å². The van der Waals surface area contributed by atoms with Crippen LogP contribution < -0.4 is 54.7 Å². The number of nitrogens with two attached hydrogens (primary N) is 4. The van der Waals surface area contributed by atoms with Crippen LogP contribution in [0, 0.1) is 0 Å². The monoisotopic (exact) mass is 822 g/mol. The van der Waals surface area contributed by atoms with E-state index in [-0.39, 0.29) is 44.8 Å². The fourth-order valence-corrected chi connectivity index (χ4v) is 5.81. The Morgan fingerprint density at radius 1 is 0.847 bits per heavy atom. The van der Waals surface area contributed by atoms with Gasteiger partial charge >= 0.3 is 17.6 Å². The maximum atomic E-state index is 13.9. The first-order valence-corrected chi connectivity index (χ1v) is 18.9. The van der Waals surface area contributed by atoms with Crippen LogP contribution in [0.1, 0.15) is 49.7 Å². The van der Waals surface area contributed by atoms with E-state index in [2.05, 4.69) is 26.3 Å². The highest BCUT2D eigenvalue weighted by Gasteiger charge is 2.31. The van der Waals surface area contributed by atoms with E-state index in [9.17, 15) is 33.6 Å². The van der Waals surface area contributed by atoms with Gasteiger partial charge in [0.05, 0.1) is 12.5 Å². The number of esters is 1. The Kier molecular flexibility index (Phi) is 18.8. The standard InChI is InChI=1S/C39H54N10O10/c1-49(2)25-13-14-26-24(18-34(53)59-31(26)19-25)22-58-33(52)20-27(41)35(54)48-30(17-23-9-4-3-5-10-23)38(57)47-29(11-6-7-15-40)37(56)46-28(12-8-16-44-39(42)43)36(55)45-21-32(50)51/h3-5,9-10,13-14,18-19,27-30H,6-8,11-12,15-17,20-22,40-41H2,1-2H3,(H,45,55)(H,46,56)(H,47,57)(H,48,54)(H,50,51)(H4,42,43,44)/t27-,28-,29-,30+/m0/s1. The number of hydrogen-bond acceptors (Lipinski definition) is 13. The Morgan fingerprint density at radius 3 is 2.14 bits per heavy atom. The number of ether oxygens (including phenoxy) is 1. The number of benzene rings is 2. The van der Waals surface area contributed by atoms with E-state index >= 15 is 0 Å². The fourth-order valence-electron chi connectivity index (χ4n) is 5.81. The summed E-state index contributed by atoms with van der Waals surface area (Å²) in [5, 5.41) is 19.7. The van der Waals surface area contributed by atoms with Gasteiger partial charge in [0.15, 0.2) is 5.96 Å². The summed E-state index contributed by atoms with van der Waals surface area (Å²) in [6.45, 7) is -0.576. The number of aliphatic carboxylic acids is 1. The number of aliphatic imine (C=N–C) groups is 1. The van der Waals surface area contributed by atoms with Crippen LogP contribution in [0.2, 0.25) is 0 Å². The van der Waals surface area contributed by atoms with Crippen LogP contribution in [0.4, 0.5) is 5.69 Å². The second-order valence-corrected chi connectivity index (χ2v) is 13.9. The molecule has 3 rings (SSSR count). The van der Waals surface area contributed by atoms with Gasteiger partial charge in [0, 0.05) is 55.8 Å². The molecule has 0 saturated heterocycles. The Hall–Kier alpha value is -6.54. The maximum Gasteiger partial charge on any atom is 0.336 e. The number of nitrogens with zero attached hydrogens (tertiary/aromatic N) is 2. The molecule has 0 aliphatic carbocycles. The molecule has 0 saturated carbocycles. The molecule has 13 N–H and O–H groups in total. The van der Waals surface area contributed by atoms with Gasteiger partial charge in [-0.1, -0.05) is 30.3 Å². The number of anilines is 1. The van der Waals surface area contributed by atoms with Crippen molar-refractivity contribution in [2.24, 2.45) is 27.9 Å². The molecule has 4 atom stereocenters. The summed E-state index contributed by atoms with van der Waals surface area (Å²) in [6, 6.07) is 9.96. The molecular weight excluding hydrogens is 768 g/mol. The molecule has 20 nitrogen and oxygen atoms in total. The number of guanidine groups is 1. The Labute approximate surface area is 340 Å². The van der Waals surface area contributed by atoms with Crippen LogP contribution in [0.5, 0.6) is 0 Å². The van der Waals surface area contributed by atoms with Crippen molar-refractivity contribution in [3.8, 4) is 0 Å². The minimum atomic E-state index is -1.46. The number of carboxylic acids is 1. The minimum absolute atomic E-state index is 0.0273. The fraction of sp³-hybridized carbons (Fsp3) is 0.436. The number of unbranched alkanes of at least 4 members (excludes halogenated alkanes) is 1.